The zero-order valence-corrected chi connectivity index (χ0v) is 7.15. The Hall–Kier alpha value is -1.95. The van der Waals surface area contributed by atoms with E-state index in [-0.39, 0.29) is 0 Å². The topological polar surface area (TPSA) is 49.6 Å². The summed E-state index contributed by atoms with van der Waals surface area (Å²) >= 11 is 0. The predicted molar refractivity (Wildman–Crippen MR) is 49.0 cm³/mol. The highest BCUT2D eigenvalue weighted by molar-refractivity contribution is 5.78. The fourth-order valence-electron chi connectivity index (χ4n) is 1.18. The van der Waals surface area contributed by atoms with Gasteiger partial charge in [-0.2, -0.15) is 5.26 Å². The van der Waals surface area contributed by atoms with Gasteiger partial charge in [-0.15, -0.1) is 0 Å². The van der Waals surface area contributed by atoms with Crippen LogP contribution in [0.1, 0.15) is 11.4 Å². The van der Waals surface area contributed by atoms with Gasteiger partial charge in [0, 0.05) is 23.3 Å². The first-order valence-corrected chi connectivity index (χ1v) is 3.93. The van der Waals surface area contributed by atoms with E-state index in [4.69, 9.17) is 5.26 Å². The molecule has 13 heavy (non-hydrogen) atoms. The maximum Gasteiger partial charge on any atom is 0.142 e. The SMILES string of the molecule is Cc1ccc2cnc(C#N)cc2n1. The number of pyridine rings is 2. The molecule has 0 aliphatic rings. The minimum absolute atomic E-state index is 0.408. The van der Waals surface area contributed by atoms with Crippen LogP contribution in [-0.2, 0) is 0 Å². The lowest BCUT2D eigenvalue weighted by Crippen LogP contribution is -1.87. The van der Waals surface area contributed by atoms with Crippen molar-refractivity contribution >= 4 is 10.9 Å². The van der Waals surface area contributed by atoms with Gasteiger partial charge in [0.25, 0.3) is 0 Å². The molecule has 0 spiro atoms. The zero-order chi connectivity index (χ0) is 9.26. The molecule has 0 saturated carbocycles. The molecule has 62 valence electrons. The second kappa shape index (κ2) is 2.83. The van der Waals surface area contributed by atoms with Crippen molar-refractivity contribution in [1.29, 1.82) is 5.26 Å². The summed E-state index contributed by atoms with van der Waals surface area (Å²) in [5.41, 5.74) is 2.18. The Morgan fingerprint density at radius 1 is 1.38 bits per heavy atom. The highest BCUT2D eigenvalue weighted by Crippen LogP contribution is 2.11. The van der Waals surface area contributed by atoms with E-state index in [2.05, 4.69) is 9.97 Å². The van der Waals surface area contributed by atoms with Gasteiger partial charge < -0.3 is 0 Å². The highest BCUT2D eigenvalue weighted by Gasteiger charge is 1.97. The summed E-state index contributed by atoms with van der Waals surface area (Å²) in [6.07, 6.45) is 1.67. The van der Waals surface area contributed by atoms with Crippen molar-refractivity contribution in [3.8, 4) is 6.07 Å². The van der Waals surface area contributed by atoms with Gasteiger partial charge in [-0.25, -0.2) is 4.98 Å². The molecule has 0 aliphatic heterocycles. The fraction of sp³-hybridized carbons (Fsp3) is 0.100. The molecule has 0 aromatic carbocycles. The number of hydrogen-bond donors (Lipinski definition) is 0. The van der Waals surface area contributed by atoms with Crippen LogP contribution in [-0.4, -0.2) is 9.97 Å². The number of rotatable bonds is 0. The van der Waals surface area contributed by atoms with Gasteiger partial charge in [-0.1, -0.05) is 0 Å². The van der Waals surface area contributed by atoms with E-state index in [0.717, 1.165) is 16.6 Å². The summed E-state index contributed by atoms with van der Waals surface area (Å²) in [5.74, 6) is 0. The summed E-state index contributed by atoms with van der Waals surface area (Å²) in [7, 11) is 0. The summed E-state index contributed by atoms with van der Waals surface area (Å²) in [6, 6.07) is 7.56. The third-order valence-corrected chi connectivity index (χ3v) is 1.83. The van der Waals surface area contributed by atoms with E-state index in [1.54, 1.807) is 12.3 Å². The summed E-state index contributed by atoms with van der Waals surface area (Å²) in [5, 5.41) is 9.59. The predicted octanol–water partition coefficient (Wildman–Crippen LogP) is 1.81. The number of fused-ring (bicyclic) bond motifs is 1. The minimum atomic E-state index is 0.408. The average molecular weight is 169 g/mol. The van der Waals surface area contributed by atoms with Crippen LogP contribution in [0.2, 0.25) is 0 Å². The van der Waals surface area contributed by atoms with Crippen LogP contribution in [0.3, 0.4) is 0 Å². The van der Waals surface area contributed by atoms with E-state index in [9.17, 15) is 0 Å². The molecular formula is C10H7N3. The molecule has 2 aromatic rings. The molecule has 3 heteroatoms. The molecule has 0 radical (unpaired) electrons. The van der Waals surface area contributed by atoms with Crippen molar-refractivity contribution in [2.24, 2.45) is 0 Å². The van der Waals surface area contributed by atoms with Gasteiger partial charge in [0.1, 0.15) is 11.8 Å². The monoisotopic (exact) mass is 169 g/mol. The lowest BCUT2D eigenvalue weighted by atomic mass is 10.2. The summed E-state index contributed by atoms with van der Waals surface area (Å²) in [4.78, 5) is 8.25. The van der Waals surface area contributed by atoms with E-state index in [1.165, 1.54) is 0 Å². The zero-order valence-electron chi connectivity index (χ0n) is 7.15. The smallest absolute Gasteiger partial charge is 0.142 e. The summed E-state index contributed by atoms with van der Waals surface area (Å²) < 4.78 is 0. The average Bonchev–Trinajstić information content (AvgIpc) is 2.16. The summed E-state index contributed by atoms with van der Waals surface area (Å²) in [6.45, 7) is 1.92. The number of hydrogen-bond acceptors (Lipinski definition) is 3. The lowest BCUT2D eigenvalue weighted by molar-refractivity contribution is 1.22. The molecule has 3 nitrogen and oxygen atoms in total. The standard InChI is InChI=1S/C10H7N3/c1-7-2-3-8-6-12-9(5-11)4-10(8)13-7/h2-4,6H,1H3. The lowest BCUT2D eigenvalue weighted by Gasteiger charge is -1.97. The van der Waals surface area contributed by atoms with Crippen molar-refractivity contribution in [2.45, 2.75) is 6.92 Å². The molecule has 2 aromatic heterocycles. The highest BCUT2D eigenvalue weighted by atomic mass is 14.7. The molecule has 0 saturated heterocycles. The van der Waals surface area contributed by atoms with Crippen molar-refractivity contribution in [1.82, 2.24) is 9.97 Å². The minimum Gasteiger partial charge on any atom is -0.253 e. The first-order chi connectivity index (χ1) is 6.29. The van der Waals surface area contributed by atoms with Crippen LogP contribution < -0.4 is 0 Å². The van der Waals surface area contributed by atoms with Crippen molar-refractivity contribution in [3.05, 3.63) is 35.8 Å². The van der Waals surface area contributed by atoms with Crippen LogP contribution in [0, 0.1) is 18.3 Å². The molecule has 0 aliphatic carbocycles. The third kappa shape index (κ3) is 1.34. The van der Waals surface area contributed by atoms with Crippen LogP contribution in [0.15, 0.2) is 24.4 Å². The maximum absolute atomic E-state index is 8.63. The molecule has 2 heterocycles. The van der Waals surface area contributed by atoms with Gasteiger partial charge in [0.05, 0.1) is 5.52 Å². The van der Waals surface area contributed by atoms with Gasteiger partial charge in [0.15, 0.2) is 0 Å². The normalized spacial score (nSPS) is 9.85. The molecule has 0 fully saturated rings. The Bertz CT molecular complexity index is 497. The molecule has 0 N–H and O–H groups in total. The van der Waals surface area contributed by atoms with Crippen molar-refractivity contribution < 1.29 is 0 Å². The molecule has 0 amide bonds. The van der Waals surface area contributed by atoms with Crippen molar-refractivity contribution in [3.63, 3.8) is 0 Å². The van der Waals surface area contributed by atoms with Gasteiger partial charge in [-0.3, -0.25) is 4.98 Å². The molecule has 0 unspecified atom stereocenters. The van der Waals surface area contributed by atoms with Gasteiger partial charge >= 0.3 is 0 Å². The van der Waals surface area contributed by atoms with Crippen LogP contribution in [0.5, 0.6) is 0 Å². The number of nitriles is 1. The van der Waals surface area contributed by atoms with Crippen molar-refractivity contribution in [2.75, 3.05) is 0 Å². The molecule has 2 rings (SSSR count). The Kier molecular flexibility index (Phi) is 1.67. The van der Waals surface area contributed by atoms with E-state index < -0.39 is 0 Å². The van der Waals surface area contributed by atoms with Gasteiger partial charge in [0.2, 0.25) is 0 Å². The van der Waals surface area contributed by atoms with E-state index >= 15 is 0 Å². The van der Waals surface area contributed by atoms with Crippen LogP contribution in [0.4, 0.5) is 0 Å². The Morgan fingerprint density at radius 2 is 2.23 bits per heavy atom. The Morgan fingerprint density at radius 3 is 3.00 bits per heavy atom. The van der Waals surface area contributed by atoms with Crippen LogP contribution in [0.25, 0.3) is 10.9 Å². The molecular weight excluding hydrogens is 162 g/mol. The largest absolute Gasteiger partial charge is 0.253 e. The third-order valence-electron chi connectivity index (χ3n) is 1.83. The number of aromatic nitrogens is 2. The van der Waals surface area contributed by atoms with E-state index in [0.29, 0.717) is 5.69 Å². The second-order valence-electron chi connectivity index (χ2n) is 2.83. The first kappa shape index (κ1) is 7.69. The first-order valence-electron chi connectivity index (χ1n) is 3.93. The van der Waals surface area contributed by atoms with Gasteiger partial charge in [-0.05, 0) is 19.1 Å². The quantitative estimate of drug-likeness (QED) is 0.604. The Balaban J connectivity index is 2.77. The Labute approximate surface area is 75.7 Å². The maximum atomic E-state index is 8.63. The van der Waals surface area contributed by atoms with Crippen LogP contribution >= 0.6 is 0 Å². The number of aryl methyl sites for hydroxylation is 1. The molecule has 0 bridgehead atoms. The van der Waals surface area contributed by atoms with E-state index in [1.807, 2.05) is 25.1 Å². The molecule has 0 atom stereocenters. The second-order valence-corrected chi connectivity index (χ2v) is 2.83. The fourth-order valence-corrected chi connectivity index (χ4v) is 1.18. The number of nitrogens with zero attached hydrogens (tertiary/aromatic N) is 3.